The molecule has 4 aromatic rings. The molecule has 0 amide bonds. The number of aromatic nitrogens is 4. The number of carbonyl (C=O) groups is 2. The van der Waals surface area contributed by atoms with Crippen LogP contribution in [0, 0.1) is 6.92 Å². The predicted molar refractivity (Wildman–Crippen MR) is 121 cm³/mol. The number of thiazole rings is 1. The van der Waals surface area contributed by atoms with Gasteiger partial charge in [-0.15, -0.1) is 22.7 Å². The highest BCUT2D eigenvalue weighted by atomic mass is 32.1. The first-order valence-corrected chi connectivity index (χ1v) is 11.4. The Balaban J connectivity index is 1.43. The molecule has 4 rings (SSSR count). The number of hydrogen-bond donors (Lipinski definition) is 1. The number of ether oxygens (including phenoxy) is 2. The molecule has 2 N–H and O–H groups in total. The molecule has 164 valence electrons. The highest BCUT2D eigenvalue weighted by Crippen LogP contribution is 2.33. The number of nitrogens with two attached hydrogens (primary N) is 1. The van der Waals surface area contributed by atoms with Gasteiger partial charge < -0.3 is 15.2 Å². The van der Waals surface area contributed by atoms with Crippen molar-refractivity contribution >= 4 is 50.6 Å². The summed E-state index contributed by atoms with van der Waals surface area (Å²) in [4.78, 5) is 42.7. The molecule has 0 radical (unpaired) electrons. The number of rotatable bonds is 7. The fourth-order valence-electron chi connectivity index (χ4n) is 3.01. The van der Waals surface area contributed by atoms with Crippen molar-refractivity contribution in [1.82, 2.24) is 19.9 Å². The Labute approximate surface area is 191 Å². The van der Waals surface area contributed by atoms with Crippen LogP contribution in [0.4, 0.5) is 5.82 Å². The number of nitrogens with zero attached hydrogens (tertiary/aromatic N) is 4. The van der Waals surface area contributed by atoms with E-state index in [2.05, 4.69) is 19.9 Å². The number of esters is 2. The van der Waals surface area contributed by atoms with Crippen LogP contribution in [-0.4, -0.2) is 38.5 Å². The quantitative estimate of drug-likeness (QED) is 0.404. The van der Waals surface area contributed by atoms with Gasteiger partial charge in [0.25, 0.3) is 0 Å². The van der Waals surface area contributed by atoms with Crippen molar-refractivity contribution in [3.8, 4) is 10.7 Å². The average Bonchev–Trinajstić information content (AvgIpc) is 3.38. The summed E-state index contributed by atoms with van der Waals surface area (Å²) in [6.07, 6.45) is 1.71. The monoisotopic (exact) mass is 469 g/mol. The van der Waals surface area contributed by atoms with Crippen LogP contribution >= 0.6 is 22.7 Å². The first-order valence-electron chi connectivity index (χ1n) is 9.70. The van der Waals surface area contributed by atoms with Gasteiger partial charge in [0.15, 0.2) is 12.4 Å². The third-order valence-electron chi connectivity index (χ3n) is 4.45. The Morgan fingerprint density at radius 3 is 2.75 bits per heavy atom. The van der Waals surface area contributed by atoms with Crippen LogP contribution in [-0.2, 0) is 27.3 Å². The molecule has 0 fully saturated rings. The molecule has 0 saturated carbocycles. The van der Waals surface area contributed by atoms with Crippen LogP contribution < -0.4 is 5.73 Å². The summed E-state index contributed by atoms with van der Waals surface area (Å²) in [5.74, 6) is -0.397. The maximum atomic E-state index is 12.3. The van der Waals surface area contributed by atoms with Crippen molar-refractivity contribution in [2.75, 3.05) is 12.3 Å². The maximum Gasteiger partial charge on any atom is 0.348 e. The van der Waals surface area contributed by atoms with E-state index in [1.807, 2.05) is 18.2 Å². The van der Waals surface area contributed by atoms with E-state index in [-0.39, 0.29) is 31.3 Å². The van der Waals surface area contributed by atoms with E-state index in [1.54, 1.807) is 25.4 Å². The number of hydrogen-bond acceptors (Lipinski definition) is 11. The highest BCUT2D eigenvalue weighted by Gasteiger charge is 2.21. The number of fused-ring (bicyclic) bond motifs is 1. The minimum Gasteiger partial charge on any atom is -0.462 e. The summed E-state index contributed by atoms with van der Waals surface area (Å²) in [5.41, 5.74) is 8.11. The second-order valence-electron chi connectivity index (χ2n) is 6.68. The third-order valence-corrected chi connectivity index (χ3v) is 6.53. The SMILES string of the molecule is CCOC(=O)c1sc2nc(COC(=O)Cc3csc(-c4ccccn4)n3)nc(N)c2c1C. The van der Waals surface area contributed by atoms with E-state index in [9.17, 15) is 9.59 Å². The normalized spacial score (nSPS) is 10.9. The lowest BCUT2D eigenvalue weighted by Crippen LogP contribution is -2.10. The molecule has 0 aromatic carbocycles. The van der Waals surface area contributed by atoms with Crippen LogP contribution in [0.2, 0.25) is 0 Å². The van der Waals surface area contributed by atoms with Gasteiger partial charge in [0.05, 0.1) is 29.8 Å². The topological polar surface area (TPSA) is 130 Å². The number of anilines is 1. The molecular weight excluding hydrogens is 450 g/mol. The molecule has 0 atom stereocenters. The Morgan fingerprint density at radius 2 is 2.00 bits per heavy atom. The van der Waals surface area contributed by atoms with Gasteiger partial charge in [-0.3, -0.25) is 9.78 Å². The van der Waals surface area contributed by atoms with Crippen molar-refractivity contribution in [2.24, 2.45) is 0 Å². The van der Waals surface area contributed by atoms with Gasteiger partial charge >= 0.3 is 11.9 Å². The van der Waals surface area contributed by atoms with Crippen molar-refractivity contribution in [3.05, 3.63) is 51.7 Å². The summed E-state index contributed by atoms with van der Waals surface area (Å²) in [5, 5.41) is 3.15. The van der Waals surface area contributed by atoms with Crippen LogP contribution in [0.15, 0.2) is 29.8 Å². The van der Waals surface area contributed by atoms with E-state index < -0.39 is 11.9 Å². The molecule has 4 heterocycles. The number of pyridine rings is 1. The van der Waals surface area contributed by atoms with Crippen molar-refractivity contribution < 1.29 is 19.1 Å². The number of nitrogen functional groups attached to an aromatic ring is 1. The largest absolute Gasteiger partial charge is 0.462 e. The molecule has 4 aromatic heterocycles. The standard InChI is InChI=1S/C21H19N5O4S2/c1-3-29-21(28)17-11(2)16-18(22)25-14(26-20(16)32-17)9-30-15(27)8-12-10-31-19(24-12)13-6-4-5-7-23-13/h4-7,10H,3,8-9H2,1-2H3,(H2,22,25,26). The summed E-state index contributed by atoms with van der Waals surface area (Å²) < 4.78 is 10.4. The molecule has 0 aliphatic rings. The van der Waals surface area contributed by atoms with E-state index in [0.29, 0.717) is 26.4 Å². The van der Waals surface area contributed by atoms with E-state index in [0.717, 1.165) is 10.7 Å². The number of thiophene rings is 1. The molecular formula is C21H19N5O4S2. The van der Waals surface area contributed by atoms with Crippen molar-refractivity contribution in [2.45, 2.75) is 26.9 Å². The fourth-order valence-corrected chi connectivity index (χ4v) is 4.91. The van der Waals surface area contributed by atoms with Crippen LogP contribution in [0.1, 0.15) is 33.7 Å². The summed E-state index contributed by atoms with van der Waals surface area (Å²) >= 11 is 2.59. The van der Waals surface area contributed by atoms with Crippen LogP contribution in [0.3, 0.4) is 0 Å². The lowest BCUT2D eigenvalue weighted by Gasteiger charge is -2.05. The second-order valence-corrected chi connectivity index (χ2v) is 8.54. The maximum absolute atomic E-state index is 12.3. The first kappa shape index (κ1) is 21.8. The lowest BCUT2D eigenvalue weighted by atomic mass is 10.2. The molecule has 11 heteroatoms. The molecule has 0 aliphatic carbocycles. The molecule has 0 saturated heterocycles. The summed E-state index contributed by atoms with van der Waals surface area (Å²) in [6.45, 7) is 3.66. The Kier molecular flexibility index (Phi) is 6.37. The van der Waals surface area contributed by atoms with Crippen molar-refractivity contribution in [3.63, 3.8) is 0 Å². The summed E-state index contributed by atoms with van der Waals surface area (Å²) in [7, 11) is 0. The zero-order chi connectivity index (χ0) is 22.7. The smallest absolute Gasteiger partial charge is 0.348 e. The van der Waals surface area contributed by atoms with Crippen LogP contribution in [0.25, 0.3) is 20.9 Å². The second kappa shape index (κ2) is 9.37. The van der Waals surface area contributed by atoms with Gasteiger partial charge in [-0.05, 0) is 31.5 Å². The first-order chi connectivity index (χ1) is 15.5. The van der Waals surface area contributed by atoms with E-state index in [1.165, 1.54) is 22.7 Å². The zero-order valence-electron chi connectivity index (χ0n) is 17.3. The molecule has 0 bridgehead atoms. The Hall–Kier alpha value is -3.44. The summed E-state index contributed by atoms with van der Waals surface area (Å²) in [6, 6.07) is 5.57. The van der Waals surface area contributed by atoms with E-state index in [4.69, 9.17) is 15.2 Å². The van der Waals surface area contributed by atoms with Gasteiger partial charge in [-0.2, -0.15) is 0 Å². The molecule has 0 spiro atoms. The predicted octanol–water partition coefficient (Wildman–Crippen LogP) is 3.56. The van der Waals surface area contributed by atoms with Crippen LogP contribution in [0.5, 0.6) is 0 Å². The molecule has 0 aliphatic heterocycles. The zero-order valence-corrected chi connectivity index (χ0v) is 19.0. The fraction of sp³-hybridized carbons (Fsp3) is 0.238. The highest BCUT2D eigenvalue weighted by molar-refractivity contribution is 7.20. The van der Waals surface area contributed by atoms with E-state index >= 15 is 0 Å². The third kappa shape index (κ3) is 4.58. The van der Waals surface area contributed by atoms with Crippen molar-refractivity contribution in [1.29, 1.82) is 0 Å². The van der Waals surface area contributed by atoms with Gasteiger partial charge in [-0.1, -0.05) is 6.07 Å². The Morgan fingerprint density at radius 1 is 1.16 bits per heavy atom. The van der Waals surface area contributed by atoms with Gasteiger partial charge in [0.2, 0.25) is 0 Å². The minimum atomic E-state index is -0.459. The van der Waals surface area contributed by atoms with Gasteiger partial charge in [0, 0.05) is 11.6 Å². The Bertz CT molecular complexity index is 1290. The lowest BCUT2D eigenvalue weighted by molar-refractivity contribution is -0.144. The number of carbonyl (C=O) groups excluding carboxylic acids is 2. The van der Waals surface area contributed by atoms with Gasteiger partial charge in [0.1, 0.15) is 20.5 Å². The van der Waals surface area contributed by atoms with Gasteiger partial charge in [-0.25, -0.2) is 19.7 Å². The minimum absolute atomic E-state index is 0.0200. The number of aryl methyl sites for hydroxylation is 1. The average molecular weight is 470 g/mol. The molecule has 32 heavy (non-hydrogen) atoms. The molecule has 0 unspecified atom stereocenters. The molecule has 9 nitrogen and oxygen atoms in total.